The lowest BCUT2D eigenvalue weighted by Gasteiger charge is -2.26. The Kier molecular flexibility index (Phi) is 17.8. The standard InChI is InChI=1S/C23H39N3O12/c1-17(28)34-15-22(37-18(2)29)23(38-19(3)30)16-36-20(4)35-14-21-13-26(25-24-21)5-7-31-9-11-33-12-10-32-8-6-27/h13,20,22-23,27H,5-12,14-16H2,1-4H3/t20-,22-,23?/m1/s1. The van der Waals surface area contributed by atoms with Crippen molar-refractivity contribution >= 4 is 17.9 Å². The SMILES string of the molecule is CC(=O)OC[C@@H](OC(C)=O)C(CO[C@H](C)OCc1cn(CCOCCOCCOCCO)nn1)OC(C)=O. The summed E-state index contributed by atoms with van der Waals surface area (Å²) in [5.74, 6) is -1.83. The molecule has 1 unspecified atom stereocenters. The lowest BCUT2D eigenvalue weighted by atomic mass is 10.2. The van der Waals surface area contributed by atoms with Crippen LogP contribution in [0.25, 0.3) is 0 Å². The van der Waals surface area contributed by atoms with Crippen LogP contribution in [0, 0.1) is 0 Å². The van der Waals surface area contributed by atoms with Gasteiger partial charge in [0.1, 0.15) is 12.3 Å². The Morgan fingerprint density at radius 2 is 1.42 bits per heavy atom. The van der Waals surface area contributed by atoms with Crippen molar-refractivity contribution in [3.8, 4) is 0 Å². The minimum atomic E-state index is -1.05. The first kappa shape index (κ1) is 33.3. The lowest BCUT2D eigenvalue weighted by Crippen LogP contribution is -2.42. The zero-order valence-electron chi connectivity index (χ0n) is 22.4. The van der Waals surface area contributed by atoms with Gasteiger partial charge >= 0.3 is 17.9 Å². The van der Waals surface area contributed by atoms with E-state index in [1.54, 1.807) is 17.8 Å². The van der Waals surface area contributed by atoms with Gasteiger partial charge in [-0.15, -0.1) is 5.10 Å². The highest BCUT2D eigenvalue weighted by Gasteiger charge is 2.29. The predicted molar refractivity (Wildman–Crippen MR) is 128 cm³/mol. The highest BCUT2D eigenvalue weighted by molar-refractivity contribution is 5.68. The van der Waals surface area contributed by atoms with Crippen LogP contribution >= 0.6 is 0 Å². The van der Waals surface area contributed by atoms with Crippen LogP contribution < -0.4 is 0 Å². The van der Waals surface area contributed by atoms with Gasteiger partial charge in [0.05, 0.1) is 72.2 Å². The van der Waals surface area contributed by atoms with Crippen LogP contribution in [0.3, 0.4) is 0 Å². The lowest BCUT2D eigenvalue weighted by molar-refractivity contribution is -0.194. The minimum absolute atomic E-state index is 0.0102. The zero-order valence-corrected chi connectivity index (χ0v) is 22.4. The molecule has 1 heterocycles. The summed E-state index contributed by atoms with van der Waals surface area (Å²) < 4.78 is 44.0. The van der Waals surface area contributed by atoms with Gasteiger partial charge in [0.2, 0.25) is 0 Å². The first-order valence-electron chi connectivity index (χ1n) is 12.1. The maximum atomic E-state index is 11.5. The highest BCUT2D eigenvalue weighted by Crippen LogP contribution is 2.11. The third kappa shape index (κ3) is 16.9. The van der Waals surface area contributed by atoms with Crippen molar-refractivity contribution in [2.75, 3.05) is 59.5 Å². The van der Waals surface area contributed by atoms with Crippen LogP contribution in [0.1, 0.15) is 33.4 Å². The second kappa shape index (κ2) is 20.3. The van der Waals surface area contributed by atoms with E-state index in [1.165, 1.54) is 20.8 Å². The smallest absolute Gasteiger partial charge is 0.303 e. The topological polar surface area (TPSA) is 176 Å². The number of nitrogens with zero attached hydrogens (tertiary/aromatic N) is 3. The van der Waals surface area contributed by atoms with E-state index < -0.39 is 36.4 Å². The van der Waals surface area contributed by atoms with Crippen LogP contribution in [0.2, 0.25) is 0 Å². The molecular weight excluding hydrogens is 510 g/mol. The summed E-state index contributed by atoms with van der Waals surface area (Å²) in [6.45, 7) is 7.76. The first-order valence-corrected chi connectivity index (χ1v) is 12.1. The Hall–Kier alpha value is -2.69. The van der Waals surface area contributed by atoms with Crippen LogP contribution in [-0.4, -0.2) is 116 Å². The van der Waals surface area contributed by atoms with E-state index in [9.17, 15) is 14.4 Å². The molecule has 0 saturated heterocycles. The molecule has 0 bridgehead atoms. The van der Waals surface area contributed by atoms with Crippen LogP contribution in [0.4, 0.5) is 0 Å². The fourth-order valence-electron chi connectivity index (χ4n) is 2.82. The summed E-state index contributed by atoms with van der Waals surface area (Å²) >= 11 is 0. The van der Waals surface area contributed by atoms with E-state index in [4.69, 9.17) is 43.0 Å². The van der Waals surface area contributed by atoms with E-state index in [2.05, 4.69) is 10.3 Å². The number of ether oxygens (including phenoxy) is 8. The zero-order chi connectivity index (χ0) is 28.2. The number of esters is 3. The molecule has 0 aliphatic rings. The third-order valence-corrected chi connectivity index (χ3v) is 4.49. The Morgan fingerprint density at radius 3 is 2.00 bits per heavy atom. The average Bonchev–Trinajstić information content (AvgIpc) is 3.31. The normalized spacial score (nSPS) is 13.5. The minimum Gasteiger partial charge on any atom is -0.462 e. The van der Waals surface area contributed by atoms with Crippen LogP contribution in [0.15, 0.2) is 6.20 Å². The van der Waals surface area contributed by atoms with Crippen molar-refractivity contribution in [1.82, 2.24) is 15.0 Å². The van der Waals surface area contributed by atoms with Crippen molar-refractivity contribution in [2.24, 2.45) is 0 Å². The highest BCUT2D eigenvalue weighted by atomic mass is 16.7. The van der Waals surface area contributed by atoms with Crippen molar-refractivity contribution in [3.05, 3.63) is 11.9 Å². The summed E-state index contributed by atoms with van der Waals surface area (Å²) in [5.41, 5.74) is 0.566. The fourth-order valence-corrected chi connectivity index (χ4v) is 2.82. The van der Waals surface area contributed by atoms with Crippen LogP contribution in [-0.2, 0) is 65.4 Å². The number of aliphatic hydroxyl groups is 1. The Labute approximate surface area is 221 Å². The van der Waals surface area contributed by atoms with E-state index in [1.807, 2.05) is 0 Å². The van der Waals surface area contributed by atoms with Gasteiger partial charge in [-0.1, -0.05) is 5.21 Å². The van der Waals surface area contributed by atoms with Gasteiger partial charge in [-0.25, -0.2) is 4.68 Å². The number of hydrogen-bond donors (Lipinski definition) is 1. The van der Waals surface area contributed by atoms with Crippen molar-refractivity contribution < 1.29 is 57.4 Å². The number of aliphatic hydroxyl groups excluding tert-OH is 1. The molecule has 15 heteroatoms. The van der Waals surface area contributed by atoms with Gasteiger partial charge in [-0.3, -0.25) is 14.4 Å². The average molecular weight is 550 g/mol. The van der Waals surface area contributed by atoms with Crippen LogP contribution in [0.5, 0.6) is 0 Å². The molecule has 1 rings (SSSR count). The maximum absolute atomic E-state index is 11.5. The van der Waals surface area contributed by atoms with E-state index in [0.717, 1.165) is 0 Å². The molecule has 1 aromatic heterocycles. The molecular formula is C23H39N3O12. The molecule has 0 amide bonds. The molecule has 0 radical (unpaired) electrons. The molecule has 0 aromatic carbocycles. The van der Waals surface area contributed by atoms with E-state index in [0.29, 0.717) is 51.9 Å². The molecule has 38 heavy (non-hydrogen) atoms. The third-order valence-electron chi connectivity index (χ3n) is 4.49. The Bertz CT molecular complexity index is 806. The van der Waals surface area contributed by atoms with E-state index >= 15 is 0 Å². The second-order valence-corrected chi connectivity index (χ2v) is 7.84. The van der Waals surface area contributed by atoms with Gasteiger partial charge in [-0.2, -0.15) is 0 Å². The quantitative estimate of drug-likeness (QED) is 0.0857. The molecule has 0 saturated carbocycles. The first-order chi connectivity index (χ1) is 18.2. The molecule has 0 aliphatic heterocycles. The summed E-state index contributed by atoms with van der Waals surface area (Å²) in [5, 5.41) is 16.6. The molecule has 0 spiro atoms. The second-order valence-electron chi connectivity index (χ2n) is 7.84. The van der Waals surface area contributed by atoms with Gasteiger partial charge in [0.15, 0.2) is 18.5 Å². The summed E-state index contributed by atoms with van der Waals surface area (Å²) in [7, 11) is 0. The van der Waals surface area contributed by atoms with Crippen molar-refractivity contribution in [1.29, 1.82) is 0 Å². The van der Waals surface area contributed by atoms with Gasteiger partial charge in [0, 0.05) is 20.8 Å². The Morgan fingerprint density at radius 1 is 0.842 bits per heavy atom. The molecule has 15 nitrogen and oxygen atoms in total. The number of carbonyl (C=O) groups excluding carboxylic acids is 3. The fraction of sp³-hybridized carbons (Fsp3) is 0.783. The maximum Gasteiger partial charge on any atom is 0.303 e. The number of rotatable bonds is 22. The summed E-state index contributed by atoms with van der Waals surface area (Å²) in [6, 6.07) is 0. The molecule has 0 fully saturated rings. The van der Waals surface area contributed by atoms with Crippen molar-refractivity contribution in [3.63, 3.8) is 0 Å². The molecule has 0 aliphatic carbocycles. The van der Waals surface area contributed by atoms with E-state index in [-0.39, 0.29) is 26.4 Å². The van der Waals surface area contributed by atoms with Gasteiger partial charge in [-0.05, 0) is 6.92 Å². The van der Waals surface area contributed by atoms with Crippen molar-refractivity contribution in [2.45, 2.75) is 59.3 Å². The molecule has 3 atom stereocenters. The Balaban J connectivity index is 2.35. The predicted octanol–water partition coefficient (Wildman–Crippen LogP) is -0.374. The monoisotopic (exact) mass is 549 g/mol. The van der Waals surface area contributed by atoms with Gasteiger partial charge in [0.25, 0.3) is 0 Å². The number of aromatic nitrogens is 3. The summed E-state index contributed by atoms with van der Waals surface area (Å²) in [4.78, 5) is 34.1. The number of hydrogen-bond acceptors (Lipinski definition) is 14. The number of carbonyl (C=O) groups is 3. The largest absolute Gasteiger partial charge is 0.462 e. The van der Waals surface area contributed by atoms with Gasteiger partial charge < -0.3 is 43.0 Å². The molecule has 1 aromatic rings. The molecule has 218 valence electrons. The summed E-state index contributed by atoms with van der Waals surface area (Å²) in [6.07, 6.45) is -1.09. The molecule has 1 N–H and O–H groups in total.